The minimum Gasteiger partial charge on any atom is -0.207 e. The second kappa shape index (κ2) is 4.31. The predicted molar refractivity (Wildman–Crippen MR) is 34.2 cm³/mol. The highest BCUT2D eigenvalue weighted by Crippen LogP contribution is 1.95. The highest BCUT2D eigenvalue weighted by atomic mass is 19.1. The highest BCUT2D eigenvalue weighted by molar-refractivity contribution is 5.14. The summed E-state index contributed by atoms with van der Waals surface area (Å²) in [6, 6.07) is 0. The van der Waals surface area contributed by atoms with E-state index in [9.17, 15) is 4.39 Å². The Labute approximate surface area is 49.0 Å². The molecular weight excluding hydrogens is 103 g/mol. The number of hydrogen-bond acceptors (Lipinski definition) is 0. The molecule has 0 unspecified atom stereocenters. The van der Waals surface area contributed by atoms with Gasteiger partial charge in [0.25, 0.3) is 0 Å². The van der Waals surface area contributed by atoms with Gasteiger partial charge in [-0.3, -0.25) is 0 Å². The van der Waals surface area contributed by atoms with Crippen LogP contribution in [0.15, 0.2) is 36.7 Å². The van der Waals surface area contributed by atoms with Crippen molar-refractivity contribution in [3.63, 3.8) is 0 Å². The van der Waals surface area contributed by atoms with E-state index in [1.807, 2.05) is 0 Å². The summed E-state index contributed by atoms with van der Waals surface area (Å²) in [6.07, 6.45) is 5.82. The molecule has 44 valence electrons. The van der Waals surface area contributed by atoms with Gasteiger partial charge in [0.1, 0.15) is 5.83 Å². The van der Waals surface area contributed by atoms with Gasteiger partial charge in [-0.2, -0.15) is 0 Å². The fourth-order valence-corrected chi connectivity index (χ4v) is 0.256. The fourth-order valence-electron chi connectivity index (χ4n) is 0.256. The molecule has 0 aliphatic carbocycles. The second-order valence-electron chi connectivity index (χ2n) is 1.27. The number of rotatable bonds is 2. The van der Waals surface area contributed by atoms with Gasteiger partial charge in [-0.1, -0.05) is 24.8 Å². The molecule has 0 nitrogen and oxygen atoms in total. The zero-order valence-corrected chi connectivity index (χ0v) is 4.89. The van der Waals surface area contributed by atoms with Crippen molar-refractivity contribution < 1.29 is 4.39 Å². The van der Waals surface area contributed by atoms with E-state index in [1.54, 1.807) is 13.0 Å². The second-order valence-corrected chi connectivity index (χ2v) is 1.27. The van der Waals surface area contributed by atoms with E-state index < -0.39 is 0 Å². The Balaban J connectivity index is 3.69. The first-order valence-electron chi connectivity index (χ1n) is 2.42. The molecule has 0 rings (SSSR count). The molecule has 0 atom stereocenters. The first kappa shape index (κ1) is 7.15. The summed E-state index contributed by atoms with van der Waals surface area (Å²) in [6.45, 7) is 5.03. The summed E-state index contributed by atoms with van der Waals surface area (Å²) >= 11 is 0. The average molecular weight is 112 g/mol. The van der Waals surface area contributed by atoms with Gasteiger partial charge in [-0.05, 0) is 13.0 Å². The smallest absolute Gasteiger partial charge is 0.118 e. The maximum absolute atomic E-state index is 12.0. The Morgan fingerprint density at radius 1 is 1.62 bits per heavy atom. The molecule has 0 radical (unpaired) electrons. The van der Waals surface area contributed by atoms with Gasteiger partial charge < -0.3 is 0 Å². The van der Waals surface area contributed by atoms with Crippen LogP contribution in [0.2, 0.25) is 0 Å². The molecule has 8 heavy (non-hydrogen) atoms. The summed E-state index contributed by atoms with van der Waals surface area (Å²) in [5, 5.41) is 0. The van der Waals surface area contributed by atoms with Crippen LogP contribution in [0.1, 0.15) is 6.92 Å². The van der Waals surface area contributed by atoms with Crippen LogP contribution in [-0.2, 0) is 0 Å². The molecule has 0 spiro atoms. The number of halogens is 1. The molecule has 0 bridgehead atoms. The largest absolute Gasteiger partial charge is 0.207 e. The van der Waals surface area contributed by atoms with Crippen molar-refractivity contribution in [2.24, 2.45) is 0 Å². The standard InChI is InChI=1S/C7H9F/c1-3-5-6-7(8)4-2/h3-6H,1H2,2H3/b6-5-,7-4-. The van der Waals surface area contributed by atoms with Gasteiger partial charge in [0.05, 0.1) is 0 Å². The minimum atomic E-state index is -0.232. The normalized spacial score (nSPS) is 12.5. The van der Waals surface area contributed by atoms with Crippen molar-refractivity contribution in [1.82, 2.24) is 0 Å². The molecule has 0 aromatic heterocycles. The summed E-state index contributed by atoms with van der Waals surface area (Å²) in [5.41, 5.74) is 0. The third-order valence-corrected chi connectivity index (χ3v) is 0.667. The molecule has 0 saturated heterocycles. The van der Waals surface area contributed by atoms with E-state index in [2.05, 4.69) is 6.58 Å². The van der Waals surface area contributed by atoms with Crippen LogP contribution in [0.4, 0.5) is 4.39 Å². The molecule has 0 aliphatic rings. The Kier molecular flexibility index (Phi) is 3.85. The van der Waals surface area contributed by atoms with Crippen LogP contribution >= 0.6 is 0 Å². The molecular formula is C7H9F. The molecule has 0 saturated carbocycles. The maximum Gasteiger partial charge on any atom is 0.118 e. The lowest BCUT2D eigenvalue weighted by Gasteiger charge is -1.77. The number of allylic oxidation sites excluding steroid dienone is 5. The van der Waals surface area contributed by atoms with Gasteiger partial charge in [-0.15, -0.1) is 0 Å². The molecule has 0 amide bonds. The van der Waals surface area contributed by atoms with E-state index in [0.29, 0.717) is 0 Å². The highest BCUT2D eigenvalue weighted by Gasteiger charge is 1.76. The lowest BCUT2D eigenvalue weighted by molar-refractivity contribution is 0.665. The van der Waals surface area contributed by atoms with E-state index in [1.165, 1.54) is 18.2 Å². The number of hydrogen-bond donors (Lipinski definition) is 0. The van der Waals surface area contributed by atoms with Crippen molar-refractivity contribution in [1.29, 1.82) is 0 Å². The monoisotopic (exact) mass is 112 g/mol. The quantitative estimate of drug-likeness (QED) is 0.481. The third-order valence-electron chi connectivity index (χ3n) is 0.667. The summed E-state index contributed by atoms with van der Waals surface area (Å²) in [4.78, 5) is 0. The van der Waals surface area contributed by atoms with Crippen LogP contribution in [-0.4, -0.2) is 0 Å². The van der Waals surface area contributed by atoms with E-state index in [4.69, 9.17) is 0 Å². The zero-order chi connectivity index (χ0) is 6.41. The van der Waals surface area contributed by atoms with Crippen LogP contribution in [0.3, 0.4) is 0 Å². The van der Waals surface area contributed by atoms with Gasteiger partial charge in [0, 0.05) is 0 Å². The SMILES string of the molecule is C=C/C=C\C(F)=C\C. The minimum absolute atomic E-state index is 0.232. The van der Waals surface area contributed by atoms with Crippen molar-refractivity contribution >= 4 is 0 Å². The Bertz CT molecular complexity index is 120. The Morgan fingerprint density at radius 2 is 2.25 bits per heavy atom. The molecule has 0 aliphatic heterocycles. The molecule has 0 aromatic rings. The zero-order valence-electron chi connectivity index (χ0n) is 4.89. The molecule has 0 aromatic carbocycles. The van der Waals surface area contributed by atoms with Crippen molar-refractivity contribution in [2.75, 3.05) is 0 Å². The predicted octanol–water partition coefficient (Wildman–Crippen LogP) is 2.60. The molecule has 1 heteroatoms. The third kappa shape index (κ3) is 3.34. The van der Waals surface area contributed by atoms with Crippen LogP contribution in [0.25, 0.3) is 0 Å². The Hall–Kier alpha value is -0.850. The van der Waals surface area contributed by atoms with Crippen LogP contribution in [0, 0.1) is 0 Å². The summed E-state index contributed by atoms with van der Waals surface area (Å²) in [5.74, 6) is -0.232. The average Bonchev–Trinajstić information content (AvgIpc) is 1.83. The topological polar surface area (TPSA) is 0 Å². The van der Waals surface area contributed by atoms with Gasteiger partial charge in [-0.25, -0.2) is 4.39 Å². The first-order valence-corrected chi connectivity index (χ1v) is 2.42. The van der Waals surface area contributed by atoms with Crippen molar-refractivity contribution in [3.8, 4) is 0 Å². The molecule has 0 fully saturated rings. The van der Waals surface area contributed by atoms with Crippen LogP contribution in [0.5, 0.6) is 0 Å². The fraction of sp³-hybridized carbons (Fsp3) is 0.143. The van der Waals surface area contributed by atoms with E-state index in [0.717, 1.165) is 0 Å². The molecule has 0 N–H and O–H groups in total. The lowest BCUT2D eigenvalue weighted by atomic mass is 10.4. The summed E-state index contributed by atoms with van der Waals surface area (Å²) < 4.78 is 12.0. The van der Waals surface area contributed by atoms with Gasteiger partial charge in [0.15, 0.2) is 0 Å². The van der Waals surface area contributed by atoms with Crippen molar-refractivity contribution in [3.05, 3.63) is 36.7 Å². The maximum atomic E-state index is 12.0. The van der Waals surface area contributed by atoms with Crippen LogP contribution < -0.4 is 0 Å². The first-order chi connectivity index (χ1) is 3.81. The van der Waals surface area contributed by atoms with E-state index in [-0.39, 0.29) is 5.83 Å². The summed E-state index contributed by atoms with van der Waals surface area (Å²) in [7, 11) is 0. The van der Waals surface area contributed by atoms with E-state index >= 15 is 0 Å². The Morgan fingerprint density at radius 3 is 2.62 bits per heavy atom. The van der Waals surface area contributed by atoms with Gasteiger partial charge in [0.2, 0.25) is 0 Å². The lowest BCUT2D eigenvalue weighted by Crippen LogP contribution is -1.58. The van der Waals surface area contributed by atoms with Crippen molar-refractivity contribution in [2.45, 2.75) is 6.92 Å². The van der Waals surface area contributed by atoms with Gasteiger partial charge >= 0.3 is 0 Å². The molecule has 0 heterocycles.